The van der Waals surface area contributed by atoms with Gasteiger partial charge >= 0.3 is 6.18 Å². The number of aliphatic hydroxyl groups excluding tert-OH is 1. The molecule has 6 heteroatoms. The van der Waals surface area contributed by atoms with Crippen LogP contribution < -0.4 is 4.74 Å². The fraction of sp³-hybridized carbons (Fsp3) is 0.267. The highest BCUT2D eigenvalue weighted by molar-refractivity contribution is 5.29. The molecule has 1 N–H and O–H groups in total. The van der Waals surface area contributed by atoms with E-state index < -0.39 is 17.8 Å². The van der Waals surface area contributed by atoms with E-state index in [1.807, 2.05) is 0 Å². The van der Waals surface area contributed by atoms with Crippen LogP contribution in [0.15, 0.2) is 42.7 Å². The number of nitrogens with zero attached hydrogens (tertiary/aromatic N) is 1. The molecular formula is C15H14F3NO2. The van der Waals surface area contributed by atoms with Crippen molar-refractivity contribution in [2.24, 2.45) is 0 Å². The smallest absolute Gasteiger partial charge is 0.416 e. The minimum absolute atomic E-state index is 0.0682. The van der Waals surface area contributed by atoms with E-state index in [0.29, 0.717) is 16.9 Å². The first-order chi connectivity index (χ1) is 9.90. The van der Waals surface area contributed by atoms with E-state index in [1.165, 1.54) is 25.6 Å². The quantitative estimate of drug-likeness (QED) is 0.940. The Balaban J connectivity index is 2.17. The normalized spacial score (nSPS) is 13.0. The summed E-state index contributed by atoms with van der Waals surface area (Å²) in [7, 11) is 1.47. The summed E-state index contributed by atoms with van der Waals surface area (Å²) in [4.78, 5) is 3.91. The minimum Gasteiger partial charge on any atom is -0.495 e. The van der Waals surface area contributed by atoms with Crippen molar-refractivity contribution in [1.82, 2.24) is 4.98 Å². The minimum atomic E-state index is -4.39. The number of aromatic nitrogens is 1. The molecule has 0 spiro atoms. The lowest BCUT2D eigenvalue weighted by atomic mass is 10.0. The number of rotatable bonds is 4. The maximum atomic E-state index is 12.6. The van der Waals surface area contributed by atoms with Gasteiger partial charge in [-0.05, 0) is 17.7 Å². The van der Waals surface area contributed by atoms with E-state index in [0.717, 1.165) is 12.1 Å². The van der Waals surface area contributed by atoms with E-state index in [4.69, 9.17) is 4.74 Å². The van der Waals surface area contributed by atoms with Gasteiger partial charge in [0.05, 0.1) is 25.0 Å². The van der Waals surface area contributed by atoms with Gasteiger partial charge in [0.2, 0.25) is 0 Å². The Hall–Kier alpha value is -2.08. The molecule has 3 nitrogen and oxygen atoms in total. The number of benzene rings is 1. The fourth-order valence-corrected chi connectivity index (χ4v) is 1.95. The first kappa shape index (κ1) is 15.3. The number of aliphatic hydroxyl groups is 1. The van der Waals surface area contributed by atoms with Crippen LogP contribution in [0.5, 0.6) is 5.75 Å². The Kier molecular flexibility index (Phi) is 4.47. The summed E-state index contributed by atoms with van der Waals surface area (Å²) in [5.74, 6) is 0.482. The molecule has 1 aromatic carbocycles. The first-order valence-electron chi connectivity index (χ1n) is 6.23. The maximum absolute atomic E-state index is 12.6. The summed E-state index contributed by atoms with van der Waals surface area (Å²) >= 11 is 0. The molecule has 0 saturated heterocycles. The van der Waals surface area contributed by atoms with E-state index in [9.17, 15) is 18.3 Å². The average molecular weight is 297 g/mol. The predicted molar refractivity (Wildman–Crippen MR) is 70.9 cm³/mol. The van der Waals surface area contributed by atoms with Gasteiger partial charge in [-0.25, -0.2) is 0 Å². The number of hydrogen-bond donors (Lipinski definition) is 1. The number of methoxy groups -OCH3 is 1. The second-order valence-electron chi connectivity index (χ2n) is 4.58. The lowest BCUT2D eigenvalue weighted by Gasteiger charge is -2.13. The van der Waals surface area contributed by atoms with Crippen LogP contribution >= 0.6 is 0 Å². The van der Waals surface area contributed by atoms with E-state index in [1.54, 1.807) is 12.1 Å². The predicted octanol–water partition coefficient (Wildman–Crippen LogP) is 3.39. The van der Waals surface area contributed by atoms with Crippen molar-refractivity contribution in [3.8, 4) is 5.75 Å². The highest BCUT2D eigenvalue weighted by Gasteiger charge is 2.30. The van der Waals surface area contributed by atoms with Crippen molar-refractivity contribution < 1.29 is 23.0 Å². The zero-order chi connectivity index (χ0) is 15.5. The summed E-state index contributed by atoms with van der Waals surface area (Å²) in [6, 6.07) is 6.52. The Morgan fingerprint density at radius 2 is 2.00 bits per heavy atom. The molecule has 1 atom stereocenters. The van der Waals surface area contributed by atoms with Crippen LogP contribution in [0.2, 0.25) is 0 Å². The molecule has 2 aromatic rings. The van der Waals surface area contributed by atoms with Crippen LogP contribution in [0.25, 0.3) is 0 Å². The third-order valence-corrected chi connectivity index (χ3v) is 3.04. The molecular weight excluding hydrogens is 283 g/mol. The maximum Gasteiger partial charge on any atom is 0.416 e. The average Bonchev–Trinajstić information content (AvgIpc) is 2.46. The van der Waals surface area contributed by atoms with Crippen molar-refractivity contribution in [3.63, 3.8) is 0 Å². The molecule has 0 bridgehead atoms. The van der Waals surface area contributed by atoms with Gasteiger partial charge in [0.25, 0.3) is 0 Å². The first-order valence-corrected chi connectivity index (χ1v) is 6.23. The molecule has 21 heavy (non-hydrogen) atoms. The summed E-state index contributed by atoms with van der Waals surface area (Å²) in [5, 5.41) is 10.1. The number of pyridine rings is 1. The Labute approximate surface area is 120 Å². The molecule has 1 aromatic heterocycles. The SMILES string of the molecule is COc1cncc(C(O)Cc2cccc(C(F)(F)F)c2)c1. The highest BCUT2D eigenvalue weighted by atomic mass is 19.4. The summed E-state index contributed by atoms with van der Waals surface area (Å²) in [6.45, 7) is 0. The molecule has 0 aliphatic heterocycles. The van der Waals surface area contributed by atoms with E-state index >= 15 is 0 Å². The van der Waals surface area contributed by atoms with Crippen molar-refractivity contribution in [1.29, 1.82) is 0 Å². The topological polar surface area (TPSA) is 42.4 Å². The number of hydrogen-bond acceptors (Lipinski definition) is 3. The number of halogens is 3. The summed E-state index contributed by atoms with van der Waals surface area (Å²) in [6.07, 6.45) is -2.32. The van der Waals surface area contributed by atoms with Crippen LogP contribution in [0.1, 0.15) is 22.8 Å². The van der Waals surface area contributed by atoms with Gasteiger partial charge in [0, 0.05) is 18.2 Å². The second kappa shape index (κ2) is 6.13. The fourth-order valence-electron chi connectivity index (χ4n) is 1.95. The van der Waals surface area contributed by atoms with E-state index in [-0.39, 0.29) is 6.42 Å². The number of alkyl halides is 3. The van der Waals surface area contributed by atoms with Crippen LogP contribution in [0.3, 0.4) is 0 Å². The van der Waals surface area contributed by atoms with Gasteiger partial charge in [-0.2, -0.15) is 13.2 Å². The standard InChI is InChI=1S/C15H14F3NO2/c1-21-13-7-11(8-19-9-13)14(20)6-10-3-2-4-12(5-10)15(16,17)18/h2-5,7-9,14,20H,6H2,1H3. The molecule has 1 unspecified atom stereocenters. The van der Waals surface area contributed by atoms with Gasteiger partial charge in [0.15, 0.2) is 0 Å². The Morgan fingerprint density at radius 1 is 1.24 bits per heavy atom. The molecule has 0 saturated carbocycles. The molecule has 0 aliphatic carbocycles. The van der Waals surface area contributed by atoms with Crippen LogP contribution in [-0.2, 0) is 12.6 Å². The van der Waals surface area contributed by atoms with Gasteiger partial charge in [-0.15, -0.1) is 0 Å². The monoisotopic (exact) mass is 297 g/mol. The molecule has 0 amide bonds. The van der Waals surface area contributed by atoms with Crippen molar-refractivity contribution in [2.75, 3.05) is 7.11 Å². The van der Waals surface area contributed by atoms with Gasteiger partial charge < -0.3 is 9.84 Å². The third kappa shape index (κ3) is 3.95. The second-order valence-corrected chi connectivity index (χ2v) is 4.58. The molecule has 1 heterocycles. The zero-order valence-electron chi connectivity index (χ0n) is 11.3. The lowest BCUT2D eigenvalue weighted by molar-refractivity contribution is -0.137. The van der Waals surface area contributed by atoms with Gasteiger partial charge in [0.1, 0.15) is 5.75 Å². The summed E-state index contributed by atoms with van der Waals surface area (Å²) < 4.78 is 42.9. The van der Waals surface area contributed by atoms with Crippen molar-refractivity contribution in [3.05, 3.63) is 59.4 Å². The Morgan fingerprint density at radius 3 is 2.67 bits per heavy atom. The van der Waals surface area contributed by atoms with Gasteiger partial charge in [-0.3, -0.25) is 4.98 Å². The molecule has 0 aliphatic rings. The largest absolute Gasteiger partial charge is 0.495 e. The van der Waals surface area contributed by atoms with Crippen molar-refractivity contribution in [2.45, 2.75) is 18.7 Å². The molecule has 112 valence electrons. The van der Waals surface area contributed by atoms with Gasteiger partial charge in [-0.1, -0.05) is 18.2 Å². The zero-order valence-corrected chi connectivity index (χ0v) is 11.3. The third-order valence-electron chi connectivity index (χ3n) is 3.04. The van der Waals surface area contributed by atoms with Crippen LogP contribution in [0.4, 0.5) is 13.2 Å². The number of ether oxygens (including phenoxy) is 1. The van der Waals surface area contributed by atoms with E-state index in [2.05, 4.69) is 4.98 Å². The highest BCUT2D eigenvalue weighted by Crippen LogP contribution is 2.30. The summed E-state index contributed by atoms with van der Waals surface area (Å²) in [5.41, 5.74) is 0.169. The van der Waals surface area contributed by atoms with Crippen molar-refractivity contribution >= 4 is 0 Å². The van der Waals surface area contributed by atoms with Crippen LogP contribution in [-0.4, -0.2) is 17.2 Å². The molecule has 2 rings (SSSR count). The molecule has 0 radical (unpaired) electrons. The lowest BCUT2D eigenvalue weighted by Crippen LogP contribution is -2.07. The Bertz CT molecular complexity index is 614. The van der Waals surface area contributed by atoms with Crippen LogP contribution in [0, 0.1) is 0 Å². The molecule has 0 fully saturated rings.